The van der Waals surface area contributed by atoms with Gasteiger partial charge in [-0.2, -0.15) is 0 Å². The van der Waals surface area contributed by atoms with Gasteiger partial charge in [0.25, 0.3) is 0 Å². The molecule has 0 unspecified atom stereocenters. The Balaban J connectivity index is 1.25. The quantitative estimate of drug-likeness (QED) is 0.817. The van der Waals surface area contributed by atoms with Crippen LogP contribution in [0.15, 0.2) is 24.3 Å². The van der Waals surface area contributed by atoms with Gasteiger partial charge in [-0.3, -0.25) is 19.3 Å². The number of carbonyl (C=O) groups excluding carboxylic acids is 3. The highest BCUT2D eigenvalue weighted by Gasteiger charge is 2.30. The zero-order valence-electron chi connectivity index (χ0n) is 15.3. The van der Waals surface area contributed by atoms with Crippen molar-refractivity contribution in [3.63, 3.8) is 0 Å². The number of piperidine rings is 1. The number of aromatic amines is 1. The lowest BCUT2D eigenvalue weighted by molar-refractivity contribution is -0.139. The minimum Gasteiger partial charge on any atom is -0.343 e. The molecule has 7 heteroatoms. The zero-order valence-corrected chi connectivity index (χ0v) is 15.3. The van der Waals surface area contributed by atoms with Gasteiger partial charge in [-0.1, -0.05) is 12.1 Å². The summed E-state index contributed by atoms with van der Waals surface area (Å²) in [5, 5.41) is 0. The van der Waals surface area contributed by atoms with Crippen LogP contribution in [0.2, 0.25) is 0 Å². The van der Waals surface area contributed by atoms with Gasteiger partial charge in [-0.15, -0.1) is 0 Å². The summed E-state index contributed by atoms with van der Waals surface area (Å²) in [6, 6.07) is 8.02. The molecule has 0 atom stereocenters. The molecule has 3 heterocycles. The number of carbonyl (C=O) groups is 3. The molecule has 2 aromatic rings. The molecule has 0 radical (unpaired) electrons. The Hall–Kier alpha value is -2.70. The van der Waals surface area contributed by atoms with E-state index < -0.39 is 0 Å². The molecule has 1 N–H and O–H groups in total. The van der Waals surface area contributed by atoms with E-state index in [4.69, 9.17) is 0 Å². The van der Waals surface area contributed by atoms with Crippen LogP contribution in [-0.4, -0.2) is 57.1 Å². The number of nitrogens with one attached hydrogen (secondary N) is 1. The third-order valence-electron chi connectivity index (χ3n) is 5.59. The van der Waals surface area contributed by atoms with Gasteiger partial charge in [0.05, 0.1) is 11.0 Å². The van der Waals surface area contributed by atoms with Crippen LogP contribution < -0.4 is 0 Å². The summed E-state index contributed by atoms with van der Waals surface area (Å²) in [6.45, 7) is 1.67. The van der Waals surface area contributed by atoms with Crippen molar-refractivity contribution in [3.05, 3.63) is 30.1 Å². The maximum Gasteiger partial charge on any atom is 0.229 e. The summed E-state index contributed by atoms with van der Waals surface area (Å²) in [5.41, 5.74) is 2.05. The molecule has 2 aliphatic rings. The average molecular weight is 368 g/mol. The molecule has 0 saturated carbocycles. The Bertz CT molecular complexity index is 818. The first-order valence-electron chi connectivity index (χ1n) is 9.65. The number of hydrogen-bond donors (Lipinski definition) is 1. The summed E-state index contributed by atoms with van der Waals surface area (Å²) >= 11 is 0. The van der Waals surface area contributed by atoms with Gasteiger partial charge in [-0.25, -0.2) is 4.98 Å². The molecule has 0 aliphatic carbocycles. The molecular weight excluding hydrogens is 344 g/mol. The van der Waals surface area contributed by atoms with E-state index in [1.54, 1.807) is 0 Å². The van der Waals surface area contributed by atoms with E-state index in [0.29, 0.717) is 5.92 Å². The van der Waals surface area contributed by atoms with E-state index in [0.717, 1.165) is 49.2 Å². The topological polar surface area (TPSA) is 86.4 Å². The van der Waals surface area contributed by atoms with Crippen molar-refractivity contribution in [2.75, 3.05) is 19.6 Å². The normalized spacial score (nSPS) is 18.7. The van der Waals surface area contributed by atoms with Crippen LogP contribution >= 0.6 is 0 Å². The molecule has 27 heavy (non-hydrogen) atoms. The molecule has 1 aromatic carbocycles. The van der Waals surface area contributed by atoms with E-state index in [2.05, 4.69) is 9.97 Å². The van der Waals surface area contributed by atoms with Crippen LogP contribution in [0.4, 0.5) is 0 Å². The van der Waals surface area contributed by atoms with E-state index in [1.165, 1.54) is 4.90 Å². The number of H-pyrrole nitrogens is 1. The fourth-order valence-corrected chi connectivity index (χ4v) is 4.00. The smallest absolute Gasteiger partial charge is 0.229 e. The lowest BCUT2D eigenvalue weighted by atomic mass is 9.93. The fourth-order valence-electron chi connectivity index (χ4n) is 4.00. The van der Waals surface area contributed by atoms with Crippen molar-refractivity contribution in [2.24, 2.45) is 5.92 Å². The second kappa shape index (κ2) is 7.50. The van der Waals surface area contributed by atoms with Gasteiger partial charge >= 0.3 is 0 Å². The first-order valence-corrected chi connectivity index (χ1v) is 9.65. The predicted molar refractivity (Wildman–Crippen MR) is 99.7 cm³/mol. The summed E-state index contributed by atoms with van der Waals surface area (Å²) in [6.07, 6.45) is 3.58. The molecule has 2 saturated heterocycles. The summed E-state index contributed by atoms with van der Waals surface area (Å²) < 4.78 is 0. The second-order valence-electron chi connectivity index (χ2n) is 7.42. The third kappa shape index (κ3) is 3.86. The number of fused-ring (bicyclic) bond motifs is 1. The minimum atomic E-state index is -0.155. The van der Waals surface area contributed by atoms with Gasteiger partial charge in [0.15, 0.2) is 0 Å². The largest absolute Gasteiger partial charge is 0.343 e. The molecule has 0 spiro atoms. The van der Waals surface area contributed by atoms with Crippen LogP contribution in [0.25, 0.3) is 11.0 Å². The highest BCUT2D eigenvalue weighted by Crippen LogP contribution is 2.23. The Morgan fingerprint density at radius 1 is 1.11 bits per heavy atom. The first kappa shape index (κ1) is 17.7. The predicted octanol–water partition coefficient (Wildman–Crippen LogP) is 1.88. The van der Waals surface area contributed by atoms with Crippen molar-refractivity contribution >= 4 is 28.8 Å². The lowest BCUT2D eigenvalue weighted by Gasteiger charge is -2.32. The Morgan fingerprint density at radius 3 is 2.52 bits per heavy atom. The summed E-state index contributed by atoms with van der Waals surface area (Å²) in [7, 11) is 0. The third-order valence-corrected chi connectivity index (χ3v) is 5.59. The van der Waals surface area contributed by atoms with Crippen molar-refractivity contribution in [2.45, 2.75) is 38.5 Å². The maximum atomic E-state index is 12.4. The van der Waals surface area contributed by atoms with Gasteiger partial charge in [0.2, 0.25) is 17.7 Å². The number of imidazole rings is 1. The van der Waals surface area contributed by atoms with Crippen molar-refractivity contribution in [1.82, 2.24) is 19.8 Å². The highest BCUT2D eigenvalue weighted by atomic mass is 16.2. The fraction of sp³-hybridized carbons (Fsp3) is 0.500. The highest BCUT2D eigenvalue weighted by molar-refractivity contribution is 6.02. The van der Waals surface area contributed by atoms with Crippen molar-refractivity contribution in [1.29, 1.82) is 0 Å². The maximum absolute atomic E-state index is 12.4. The zero-order chi connectivity index (χ0) is 18.8. The molecule has 3 amide bonds. The number of likely N-dealkylation sites (tertiary alicyclic amines) is 2. The van der Waals surface area contributed by atoms with Crippen LogP contribution in [0.5, 0.6) is 0 Å². The van der Waals surface area contributed by atoms with Gasteiger partial charge < -0.3 is 9.88 Å². The lowest BCUT2D eigenvalue weighted by Crippen LogP contribution is -2.41. The second-order valence-corrected chi connectivity index (χ2v) is 7.42. The Morgan fingerprint density at radius 2 is 1.81 bits per heavy atom. The number of benzene rings is 1. The number of hydrogen-bond acceptors (Lipinski definition) is 4. The van der Waals surface area contributed by atoms with Gasteiger partial charge in [0, 0.05) is 45.3 Å². The number of rotatable bonds is 5. The molecule has 2 fully saturated rings. The van der Waals surface area contributed by atoms with E-state index in [9.17, 15) is 14.4 Å². The van der Waals surface area contributed by atoms with Crippen molar-refractivity contribution < 1.29 is 14.4 Å². The van der Waals surface area contributed by atoms with Crippen LogP contribution in [-0.2, 0) is 20.8 Å². The number of amides is 3. The molecule has 0 bridgehead atoms. The van der Waals surface area contributed by atoms with Crippen LogP contribution in [0.1, 0.15) is 37.9 Å². The molecular formula is C20H24N4O3. The molecule has 2 aliphatic heterocycles. The van der Waals surface area contributed by atoms with Crippen LogP contribution in [0, 0.1) is 5.92 Å². The standard InChI is InChI=1S/C20H24N4O3/c25-18(9-12-24-19(26)5-6-20(24)27)23-10-7-14(8-11-23)13-17-21-15-3-1-2-4-16(15)22-17/h1-4,14H,5-13H2,(H,21,22). The SMILES string of the molecule is O=C(CCN1C(=O)CCC1=O)N1CCC(Cc2nc3ccccc3[nH]2)CC1. The number of aromatic nitrogens is 2. The van der Waals surface area contributed by atoms with Crippen LogP contribution in [0.3, 0.4) is 0 Å². The van der Waals surface area contributed by atoms with Gasteiger partial charge in [0.1, 0.15) is 5.82 Å². The molecule has 1 aromatic heterocycles. The molecule has 4 rings (SSSR count). The van der Waals surface area contributed by atoms with Gasteiger partial charge in [-0.05, 0) is 30.9 Å². The number of nitrogens with zero attached hydrogens (tertiary/aromatic N) is 3. The average Bonchev–Trinajstić information content (AvgIpc) is 3.23. The number of para-hydroxylation sites is 2. The summed E-state index contributed by atoms with van der Waals surface area (Å²) in [4.78, 5) is 46.8. The number of imide groups is 1. The van der Waals surface area contributed by atoms with E-state index >= 15 is 0 Å². The minimum absolute atomic E-state index is 0.0321. The molecule has 7 nitrogen and oxygen atoms in total. The van der Waals surface area contributed by atoms with E-state index in [1.807, 2.05) is 29.2 Å². The summed E-state index contributed by atoms with van der Waals surface area (Å²) in [5.74, 6) is 1.24. The Labute approximate surface area is 157 Å². The van der Waals surface area contributed by atoms with E-state index in [-0.39, 0.29) is 43.5 Å². The van der Waals surface area contributed by atoms with Crippen molar-refractivity contribution in [3.8, 4) is 0 Å². The Kier molecular flexibility index (Phi) is 4.92. The monoisotopic (exact) mass is 368 g/mol. The first-order chi connectivity index (χ1) is 13.1. The molecule has 142 valence electrons.